The SMILES string of the molecule is FC(F)(F)c1ccc(-c2ccc(Oc3ccccc3)nc2)cc1. The number of hydrogen-bond donors (Lipinski definition) is 0. The first kappa shape index (κ1) is 15.1. The lowest BCUT2D eigenvalue weighted by Gasteiger charge is -2.08. The largest absolute Gasteiger partial charge is 0.439 e. The molecule has 3 aromatic rings. The van der Waals surface area contributed by atoms with Crippen LogP contribution in [0.3, 0.4) is 0 Å². The van der Waals surface area contributed by atoms with Gasteiger partial charge >= 0.3 is 6.18 Å². The highest BCUT2D eigenvalue weighted by Gasteiger charge is 2.29. The smallest absolute Gasteiger partial charge is 0.416 e. The van der Waals surface area contributed by atoms with Gasteiger partial charge in [0.25, 0.3) is 0 Å². The van der Waals surface area contributed by atoms with E-state index in [0.29, 0.717) is 17.2 Å². The van der Waals surface area contributed by atoms with Gasteiger partial charge in [-0.25, -0.2) is 4.98 Å². The molecule has 116 valence electrons. The Morgan fingerprint density at radius 1 is 0.739 bits per heavy atom. The van der Waals surface area contributed by atoms with Crippen molar-refractivity contribution in [3.05, 3.63) is 78.5 Å². The third kappa shape index (κ3) is 3.69. The molecule has 0 atom stereocenters. The second-order valence-corrected chi connectivity index (χ2v) is 4.88. The molecule has 0 fully saturated rings. The van der Waals surface area contributed by atoms with Gasteiger partial charge in [0.2, 0.25) is 5.88 Å². The normalized spacial score (nSPS) is 11.3. The summed E-state index contributed by atoms with van der Waals surface area (Å²) in [6.45, 7) is 0. The number of hydrogen-bond acceptors (Lipinski definition) is 2. The highest BCUT2D eigenvalue weighted by atomic mass is 19.4. The average Bonchev–Trinajstić information content (AvgIpc) is 2.56. The predicted octanol–water partition coefficient (Wildman–Crippen LogP) is 5.56. The standard InChI is InChI=1S/C18H12F3NO/c19-18(20,21)15-9-6-13(7-10-15)14-8-11-17(22-12-14)23-16-4-2-1-3-5-16/h1-12H. The Kier molecular flexibility index (Phi) is 4.02. The van der Waals surface area contributed by atoms with E-state index in [1.807, 2.05) is 30.3 Å². The predicted molar refractivity (Wildman–Crippen MR) is 81.2 cm³/mol. The van der Waals surface area contributed by atoms with E-state index < -0.39 is 11.7 Å². The molecular weight excluding hydrogens is 303 g/mol. The topological polar surface area (TPSA) is 22.1 Å². The first-order valence-electron chi connectivity index (χ1n) is 6.89. The van der Waals surface area contributed by atoms with Gasteiger partial charge in [0.1, 0.15) is 5.75 Å². The van der Waals surface area contributed by atoms with Gasteiger partial charge in [-0.3, -0.25) is 0 Å². The lowest BCUT2D eigenvalue weighted by Crippen LogP contribution is -2.03. The third-order valence-corrected chi connectivity index (χ3v) is 3.25. The second kappa shape index (κ2) is 6.12. The van der Waals surface area contributed by atoms with Crippen molar-refractivity contribution in [1.82, 2.24) is 4.98 Å². The summed E-state index contributed by atoms with van der Waals surface area (Å²) in [6.07, 6.45) is -2.76. The number of para-hydroxylation sites is 1. The molecule has 0 unspecified atom stereocenters. The summed E-state index contributed by atoms with van der Waals surface area (Å²) in [7, 11) is 0. The van der Waals surface area contributed by atoms with Crippen LogP contribution in [-0.2, 0) is 6.18 Å². The number of ether oxygens (including phenoxy) is 1. The zero-order valence-corrected chi connectivity index (χ0v) is 11.9. The van der Waals surface area contributed by atoms with Crippen LogP contribution in [0.2, 0.25) is 0 Å². The Morgan fingerprint density at radius 2 is 1.39 bits per heavy atom. The van der Waals surface area contributed by atoms with E-state index in [2.05, 4.69) is 4.98 Å². The van der Waals surface area contributed by atoms with E-state index in [1.54, 1.807) is 18.3 Å². The van der Waals surface area contributed by atoms with Crippen LogP contribution in [-0.4, -0.2) is 4.98 Å². The van der Waals surface area contributed by atoms with E-state index in [9.17, 15) is 13.2 Å². The van der Waals surface area contributed by atoms with Crippen molar-refractivity contribution >= 4 is 0 Å². The van der Waals surface area contributed by atoms with Crippen molar-refractivity contribution in [2.75, 3.05) is 0 Å². The van der Waals surface area contributed by atoms with E-state index in [4.69, 9.17) is 4.74 Å². The number of nitrogens with zero attached hydrogens (tertiary/aromatic N) is 1. The lowest BCUT2D eigenvalue weighted by atomic mass is 10.1. The summed E-state index contributed by atoms with van der Waals surface area (Å²) in [5.74, 6) is 1.09. The summed E-state index contributed by atoms with van der Waals surface area (Å²) in [6, 6.07) is 17.6. The fourth-order valence-corrected chi connectivity index (χ4v) is 2.07. The molecule has 0 aliphatic carbocycles. The molecule has 0 saturated heterocycles. The number of benzene rings is 2. The van der Waals surface area contributed by atoms with E-state index in [0.717, 1.165) is 17.7 Å². The first-order valence-corrected chi connectivity index (χ1v) is 6.89. The van der Waals surface area contributed by atoms with Gasteiger partial charge in [0, 0.05) is 17.8 Å². The van der Waals surface area contributed by atoms with Crippen LogP contribution in [0, 0.1) is 0 Å². The van der Waals surface area contributed by atoms with Crippen molar-refractivity contribution in [3.8, 4) is 22.8 Å². The summed E-state index contributed by atoms with van der Waals surface area (Å²) in [4.78, 5) is 4.18. The Labute approximate surface area is 131 Å². The van der Waals surface area contributed by atoms with Crippen LogP contribution in [0.4, 0.5) is 13.2 Å². The maximum Gasteiger partial charge on any atom is 0.416 e. The zero-order valence-electron chi connectivity index (χ0n) is 11.9. The molecule has 0 aliphatic heterocycles. The van der Waals surface area contributed by atoms with Crippen LogP contribution in [0.25, 0.3) is 11.1 Å². The van der Waals surface area contributed by atoms with Gasteiger partial charge in [-0.05, 0) is 35.9 Å². The Morgan fingerprint density at radius 3 is 1.96 bits per heavy atom. The summed E-state index contributed by atoms with van der Waals surface area (Å²) in [5, 5.41) is 0. The quantitative estimate of drug-likeness (QED) is 0.631. The number of alkyl halides is 3. The van der Waals surface area contributed by atoms with Gasteiger partial charge < -0.3 is 4.74 Å². The molecule has 0 spiro atoms. The van der Waals surface area contributed by atoms with E-state index in [-0.39, 0.29) is 0 Å². The van der Waals surface area contributed by atoms with Crippen molar-refractivity contribution < 1.29 is 17.9 Å². The number of pyridine rings is 1. The molecule has 0 radical (unpaired) electrons. The van der Waals surface area contributed by atoms with Crippen molar-refractivity contribution in [1.29, 1.82) is 0 Å². The maximum atomic E-state index is 12.6. The minimum absolute atomic E-state index is 0.423. The maximum absolute atomic E-state index is 12.6. The molecule has 3 rings (SSSR count). The van der Waals surface area contributed by atoms with E-state index >= 15 is 0 Å². The zero-order chi connectivity index (χ0) is 16.3. The Hall–Kier alpha value is -2.82. The highest BCUT2D eigenvalue weighted by molar-refractivity contribution is 5.63. The lowest BCUT2D eigenvalue weighted by molar-refractivity contribution is -0.137. The molecule has 2 aromatic carbocycles. The van der Waals surface area contributed by atoms with E-state index in [1.165, 1.54) is 12.1 Å². The van der Waals surface area contributed by atoms with Crippen LogP contribution < -0.4 is 4.74 Å². The summed E-state index contributed by atoms with van der Waals surface area (Å²) >= 11 is 0. The van der Waals surface area contributed by atoms with Crippen molar-refractivity contribution in [2.24, 2.45) is 0 Å². The molecule has 5 heteroatoms. The van der Waals surface area contributed by atoms with Gasteiger partial charge in [0.05, 0.1) is 5.56 Å². The molecule has 1 aromatic heterocycles. The van der Waals surface area contributed by atoms with Crippen molar-refractivity contribution in [2.45, 2.75) is 6.18 Å². The number of aromatic nitrogens is 1. The number of rotatable bonds is 3. The molecule has 0 amide bonds. The van der Waals surface area contributed by atoms with Crippen molar-refractivity contribution in [3.63, 3.8) is 0 Å². The average molecular weight is 315 g/mol. The molecule has 0 N–H and O–H groups in total. The summed E-state index contributed by atoms with van der Waals surface area (Å²) in [5.41, 5.74) is 0.717. The van der Waals surface area contributed by atoms with Crippen LogP contribution in [0.15, 0.2) is 72.9 Å². The van der Waals surface area contributed by atoms with Gasteiger partial charge in [-0.1, -0.05) is 30.3 Å². The number of halogens is 3. The third-order valence-electron chi connectivity index (χ3n) is 3.25. The summed E-state index contributed by atoms with van der Waals surface area (Å²) < 4.78 is 43.2. The minimum atomic E-state index is -4.33. The van der Waals surface area contributed by atoms with Crippen LogP contribution >= 0.6 is 0 Å². The molecule has 1 heterocycles. The molecule has 0 bridgehead atoms. The van der Waals surface area contributed by atoms with Gasteiger partial charge in [-0.15, -0.1) is 0 Å². The molecule has 0 saturated carbocycles. The van der Waals surface area contributed by atoms with Gasteiger partial charge in [0.15, 0.2) is 0 Å². The fraction of sp³-hybridized carbons (Fsp3) is 0.0556. The second-order valence-electron chi connectivity index (χ2n) is 4.88. The van der Waals surface area contributed by atoms with Crippen LogP contribution in [0.1, 0.15) is 5.56 Å². The monoisotopic (exact) mass is 315 g/mol. The first-order chi connectivity index (χ1) is 11.0. The molecule has 0 aliphatic rings. The minimum Gasteiger partial charge on any atom is -0.439 e. The highest BCUT2D eigenvalue weighted by Crippen LogP contribution is 2.31. The van der Waals surface area contributed by atoms with Gasteiger partial charge in [-0.2, -0.15) is 13.2 Å². The molecular formula is C18H12F3NO. The fourth-order valence-electron chi connectivity index (χ4n) is 2.07. The Balaban J connectivity index is 1.77. The van der Waals surface area contributed by atoms with Crippen LogP contribution in [0.5, 0.6) is 11.6 Å². The molecule has 23 heavy (non-hydrogen) atoms. The Bertz CT molecular complexity index is 766. The molecule has 2 nitrogen and oxygen atoms in total.